The van der Waals surface area contributed by atoms with Crippen LogP contribution in [-0.4, -0.2) is 29.4 Å². The van der Waals surface area contributed by atoms with Gasteiger partial charge in [0, 0.05) is 5.56 Å². The number of hydrogen-bond donors (Lipinski definition) is 3. The predicted octanol–water partition coefficient (Wildman–Crippen LogP) is 1.81. The molecule has 0 aromatic heterocycles. The molecule has 0 spiro atoms. The van der Waals surface area contributed by atoms with Crippen LogP contribution in [0.1, 0.15) is 27.5 Å². The second-order valence-electron chi connectivity index (χ2n) is 5.40. The number of halogens is 1. The molecule has 2 aromatic rings. The number of nitrogens with one attached hydrogen (secondary N) is 2. The highest BCUT2D eigenvalue weighted by atomic mass is 19.1. The Morgan fingerprint density at radius 3 is 2.40 bits per heavy atom. The van der Waals surface area contributed by atoms with Gasteiger partial charge in [0.05, 0.1) is 6.54 Å². The SMILES string of the molecule is Cc1cc(C(=O)NCC(=O)N[C@H](C(=O)O)c2ccccc2)ccc1F. The first-order valence-corrected chi connectivity index (χ1v) is 7.50. The summed E-state index contributed by atoms with van der Waals surface area (Å²) < 4.78 is 13.2. The lowest BCUT2D eigenvalue weighted by Crippen LogP contribution is -2.41. The van der Waals surface area contributed by atoms with E-state index in [9.17, 15) is 23.9 Å². The fourth-order valence-corrected chi connectivity index (χ4v) is 2.19. The topological polar surface area (TPSA) is 95.5 Å². The van der Waals surface area contributed by atoms with Gasteiger partial charge < -0.3 is 15.7 Å². The van der Waals surface area contributed by atoms with Crippen LogP contribution in [0.4, 0.5) is 4.39 Å². The van der Waals surface area contributed by atoms with Gasteiger partial charge in [-0.3, -0.25) is 9.59 Å². The number of aliphatic carboxylic acids is 1. The van der Waals surface area contributed by atoms with Crippen LogP contribution in [0.3, 0.4) is 0 Å². The van der Waals surface area contributed by atoms with Gasteiger partial charge in [-0.1, -0.05) is 30.3 Å². The van der Waals surface area contributed by atoms with Crippen molar-refractivity contribution in [2.75, 3.05) is 6.54 Å². The van der Waals surface area contributed by atoms with Crippen LogP contribution in [0, 0.1) is 12.7 Å². The van der Waals surface area contributed by atoms with Gasteiger partial charge in [0.1, 0.15) is 5.82 Å². The minimum absolute atomic E-state index is 0.213. The number of aryl methyl sites for hydroxylation is 1. The van der Waals surface area contributed by atoms with E-state index in [0.717, 1.165) is 0 Å². The van der Waals surface area contributed by atoms with Crippen molar-refractivity contribution >= 4 is 17.8 Å². The smallest absolute Gasteiger partial charge is 0.330 e. The molecular formula is C18H17FN2O4. The Bertz CT molecular complexity index is 793. The van der Waals surface area contributed by atoms with E-state index in [1.165, 1.54) is 25.1 Å². The van der Waals surface area contributed by atoms with E-state index in [-0.39, 0.29) is 5.56 Å². The van der Waals surface area contributed by atoms with Gasteiger partial charge in [0.2, 0.25) is 5.91 Å². The summed E-state index contributed by atoms with van der Waals surface area (Å²) in [4.78, 5) is 35.2. The van der Waals surface area contributed by atoms with Gasteiger partial charge >= 0.3 is 5.97 Å². The first-order chi connectivity index (χ1) is 11.9. The van der Waals surface area contributed by atoms with Crippen LogP contribution < -0.4 is 10.6 Å². The molecule has 0 saturated carbocycles. The Morgan fingerprint density at radius 2 is 1.80 bits per heavy atom. The number of rotatable bonds is 6. The molecule has 0 heterocycles. The molecule has 25 heavy (non-hydrogen) atoms. The molecule has 6 nitrogen and oxygen atoms in total. The van der Waals surface area contributed by atoms with Gasteiger partial charge in [-0.15, -0.1) is 0 Å². The zero-order valence-electron chi connectivity index (χ0n) is 13.5. The van der Waals surface area contributed by atoms with Crippen LogP contribution in [0.2, 0.25) is 0 Å². The molecule has 2 rings (SSSR count). The average molecular weight is 344 g/mol. The van der Waals surface area contributed by atoms with E-state index < -0.39 is 36.2 Å². The zero-order chi connectivity index (χ0) is 18.4. The fourth-order valence-electron chi connectivity index (χ4n) is 2.19. The molecule has 0 radical (unpaired) electrons. The van der Waals surface area contributed by atoms with Gasteiger partial charge in [-0.25, -0.2) is 9.18 Å². The highest BCUT2D eigenvalue weighted by molar-refractivity contribution is 5.97. The molecule has 2 amide bonds. The Kier molecular flexibility index (Phi) is 5.84. The first-order valence-electron chi connectivity index (χ1n) is 7.50. The molecule has 0 aliphatic carbocycles. The van der Waals surface area contributed by atoms with Crippen molar-refractivity contribution < 1.29 is 23.9 Å². The minimum atomic E-state index is -1.21. The average Bonchev–Trinajstić information content (AvgIpc) is 2.60. The third-order valence-corrected chi connectivity index (χ3v) is 3.51. The second kappa shape index (κ2) is 8.05. The van der Waals surface area contributed by atoms with Crippen molar-refractivity contribution in [3.05, 3.63) is 71.0 Å². The molecule has 0 aliphatic heterocycles. The number of hydrogen-bond acceptors (Lipinski definition) is 3. The fraction of sp³-hybridized carbons (Fsp3) is 0.167. The normalized spacial score (nSPS) is 11.4. The van der Waals surface area contributed by atoms with E-state index in [4.69, 9.17) is 0 Å². The Labute approximate surface area is 143 Å². The highest BCUT2D eigenvalue weighted by Crippen LogP contribution is 2.12. The molecular weight excluding hydrogens is 327 g/mol. The van der Waals surface area contributed by atoms with Gasteiger partial charge in [0.25, 0.3) is 5.91 Å². The molecule has 2 aromatic carbocycles. The Balaban J connectivity index is 1.96. The molecule has 0 aliphatic rings. The molecule has 7 heteroatoms. The molecule has 0 bridgehead atoms. The summed E-state index contributed by atoms with van der Waals surface area (Å²) in [6, 6.07) is 10.9. The minimum Gasteiger partial charge on any atom is -0.479 e. The standard InChI is InChI=1S/C18H17FN2O4/c1-11-9-13(7-8-14(11)19)17(23)20-10-15(22)21-16(18(24)25)12-5-3-2-4-6-12/h2-9,16H,10H2,1H3,(H,20,23)(H,21,22)(H,24,25)/t16-/m0/s1. The lowest BCUT2D eigenvalue weighted by molar-refractivity contribution is -0.141. The number of benzene rings is 2. The van der Waals surface area contributed by atoms with E-state index in [2.05, 4.69) is 10.6 Å². The maximum absolute atomic E-state index is 13.2. The van der Waals surface area contributed by atoms with Crippen molar-refractivity contribution in [2.24, 2.45) is 0 Å². The van der Waals surface area contributed by atoms with Crippen molar-refractivity contribution in [3.63, 3.8) is 0 Å². The maximum Gasteiger partial charge on any atom is 0.330 e. The summed E-state index contributed by atoms with van der Waals surface area (Å²) in [7, 11) is 0. The van der Waals surface area contributed by atoms with Gasteiger partial charge in [-0.2, -0.15) is 0 Å². The van der Waals surface area contributed by atoms with Crippen LogP contribution in [0.25, 0.3) is 0 Å². The lowest BCUT2D eigenvalue weighted by atomic mass is 10.1. The molecule has 1 atom stereocenters. The number of carboxylic acid groups (broad SMARTS) is 1. The van der Waals surface area contributed by atoms with E-state index in [0.29, 0.717) is 11.1 Å². The van der Waals surface area contributed by atoms with Crippen LogP contribution in [-0.2, 0) is 9.59 Å². The van der Waals surface area contributed by atoms with E-state index in [1.807, 2.05) is 0 Å². The third-order valence-electron chi connectivity index (χ3n) is 3.51. The second-order valence-corrected chi connectivity index (χ2v) is 5.40. The summed E-state index contributed by atoms with van der Waals surface area (Å²) in [5.41, 5.74) is 0.945. The van der Waals surface area contributed by atoms with Crippen molar-refractivity contribution in [1.29, 1.82) is 0 Å². The Hall–Kier alpha value is -3.22. The summed E-state index contributed by atoms with van der Waals surface area (Å²) >= 11 is 0. The molecule has 3 N–H and O–H groups in total. The zero-order valence-corrected chi connectivity index (χ0v) is 13.5. The monoisotopic (exact) mass is 344 g/mol. The van der Waals surface area contributed by atoms with Crippen molar-refractivity contribution in [1.82, 2.24) is 10.6 Å². The molecule has 130 valence electrons. The van der Waals surface area contributed by atoms with Gasteiger partial charge in [-0.05, 0) is 36.2 Å². The number of carbonyl (C=O) groups is 3. The number of amides is 2. The molecule has 0 unspecified atom stereocenters. The van der Waals surface area contributed by atoms with Crippen LogP contribution >= 0.6 is 0 Å². The summed E-state index contributed by atoms with van der Waals surface area (Å²) in [5.74, 6) is -2.84. The lowest BCUT2D eigenvalue weighted by Gasteiger charge is -2.15. The summed E-state index contributed by atoms with van der Waals surface area (Å²) in [6.45, 7) is 1.13. The van der Waals surface area contributed by atoms with E-state index >= 15 is 0 Å². The van der Waals surface area contributed by atoms with Crippen molar-refractivity contribution in [3.8, 4) is 0 Å². The number of carbonyl (C=O) groups excluding carboxylic acids is 2. The summed E-state index contributed by atoms with van der Waals surface area (Å²) in [5, 5.41) is 14.0. The largest absolute Gasteiger partial charge is 0.479 e. The van der Waals surface area contributed by atoms with Crippen molar-refractivity contribution in [2.45, 2.75) is 13.0 Å². The number of carboxylic acids is 1. The third kappa shape index (κ3) is 4.87. The predicted molar refractivity (Wildman–Crippen MR) is 88.4 cm³/mol. The molecule has 0 saturated heterocycles. The van der Waals surface area contributed by atoms with Gasteiger partial charge in [0.15, 0.2) is 6.04 Å². The van der Waals surface area contributed by atoms with Crippen LogP contribution in [0.5, 0.6) is 0 Å². The van der Waals surface area contributed by atoms with E-state index in [1.54, 1.807) is 30.3 Å². The Morgan fingerprint density at radius 1 is 1.12 bits per heavy atom. The van der Waals surface area contributed by atoms with Crippen LogP contribution in [0.15, 0.2) is 48.5 Å². The summed E-state index contributed by atoms with van der Waals surface area (Å²) in [6.07, 6.45) is 0. The molecule has 0 fully saturated rings. The first kappa shape index (κ1) is 18.1. The highest BCUT2D eigenvalue weighted by Gasteiger charge is 2.22. The quantitative estimate of drug-likeness (QED) is 0.745. The maximum atomic E-state index is 13.2.